The first-order chi connectivity index (χ1) is 19.7. The van der Waals surface area contributed by atoms with Crippen molar-refractivity contribution in [2.45, 2.75) is 82.0 Å². The molecule has 0 unspecified atom stereocenters. The van der Waals surface area contributed by atoms with Gasteiger partial charge >= 0.3 is 12.7 Å². The van der Waals surface area contributed by atoms with Gasteiger partial charge in [-0.05, 0) is 55.2 Å². The van der Waals surface area contributed by atoms with Crippen molar-refractivity contribution in [2.75, 3.05) is 0 Å². The first-order valence-electron chi connectivity index (χ1n) is 13.5. The lowest BCUT2D eigenvalue weighted by atomic mass is 9.76. The number of nitrogens with two attached hydrogens (primary N) is 1. The Balaban J connectivity index is 1.48. The van der Waals surface area contributed by atoms with E-state index in [0.29, 0.717) is 11.3 Å². The van der Waals surface area contributed by atoms with E-state index in [4.69, 9.17) is 5.73 Å². The maximum absolute atomic E-state index is 14.0. The molecule has 2 fully saturated rings. The lowest BCUT2D eigenvalue weighted by Gasteiger charge is -2.32. The van der Waals surface area contributed by atoms with Crippen molar-refractivity contribution in [1.82, 2.24) is 29.7 Å². The third-order valence-corrected chi connectivity index (χ3v) is 7.83. The van der Waals surface area contributed by atoms with E-state index in [1.807, 2.05) is 0 Å². The minimum absolute atomic E-state index is 0.0145. The molecule has 2 aliphatic carbocycles. The fourth-order valence-corrected chi connectivity index (χ4v) is 5.56. The van der Waals surface area contributed by atoms with Gasteiger partial charge < -0.3 is 11.1 Å². The highest BCUT2D eigenvalue weighted by atomic mass is 19.4. The summed E-state index contributed by atoms with van der Waals surface area (Å²) < 4.78 is 94.6. The number of nitrogens with zero attached hydrogens (tertiary/aromatic N) is 5. The highest BCUT2D eigenvalue weighted by Crippen LogP contribution is 2.45. The number of halogens is 7. The van der Waals surface area contributed by atoms with Crippen LogP contribution < -0.4 is 11.1 Å². The molecule has 42 heavy (non-hydrogen) atoms. The third-order valence-electron chi connectivity index (χ3n) is 7.83. The number of alkyl halides is 7. The van der Waals surface area contributed by atoms with Gasteiger partial charge in [-0.2, -0.15) is 36.8 Å². The predicted molar refractivity (Wildman–Crippen MR) is 133 cm³/mol. The second-order valence-electron chi connectivity index (χ2n) is 11.0. The lowest BCUT2D eigenvalue weighted by Crippen LogP contribution is -2.30. The van der Waals surface area contributed by atoms with Gasteiger partial charge in [0.2, 0.25) is 11.8 Å². The van der Waals surface area contributed by atoms with E-state index in [2.05, 4.69) is 20.5 Å². The Morgan fingerprint density at radius 1 is 1.07 bits per heavy atom. The SMILES string of the molecule is NC(=O)c1cc([C@H](c2cn3ncc([C@H](NC(=O)CCC(F)(F)F)C4CC4)cc3n2)C2CCC(F)(F)CC2)nn1C(F)F. The van der Waals surface area contributed by atoms with Crippen LogP contribution in [0.5, 0.6) is 0 Å². The van der Waals surface area contributed by atoms with Crippen molar-refractivity contribution in [2.24, 2.45) is 17.6 Å². The molecule has 0 spiro atoms. The van der Waals surface area contributed by atoms with Gasteiger partial charge in [0.25, 0.3) is 5.91 Å². The zero-order chi connectivity index (χ0) is 30.4. The van der Waals surface area contributed by atoms with Crippen LogP contribution in [0.2, 0.25) is 0 Å². The third kappa shape index (κ3) is 6.67. The average molecular weight is 604 g/mol. The topological polar surface area (TPSA) is 120 Å². The molecule has 0 aromatic carbocycles. The summed E-state index contributed by atoms with van der Waals surface area (Å²) in [5.74, 6) is -6.04. The van der Waals surface area contributed by atoms with E-state index >= 15 is 0 Å². The fourth-order valence-electron chi connectivity index (χ4n) is 5.56. The van der Waals surface area contributed by atoms with Gasteiger partial charge in [0.05, 0.1) is 36.2 Å². The molecule has 2 amide bonds. The van der Waals surface area contributed by atoms with E-state index in [1.54, 1.807) is 6.07 Å². The van der Waals surface area contributed by atoms with Crippen LogP contribution in [0.1, 0.15) is 97.3 Å². The van der Waals surface area contributed by atoms with Crippen LogP contribution in [0.25, 0.3) is 5.65 Å². The van der Waals surface area contributed by atoms with Crippen molar-refractivity contribution in [3.8, 4) is 0 Å². The molecule has 9 nitrogen and oxygen atoms in total. The van der Waals surface area contributed by atoms with Gasteiger partial charge in [0.1, 0.15) is 5.69 Å². The summed E-state index contributed by atoms with van der Waals surface area (Å²) in [5.41, 5.74) is 5.87. The summed E-state index contributed by atoms with van der Waals surface area (Å²) in [6, 6.07) is 2.15. The molecule has 5 rings (SSSR count). The first kappa shape index (κ1) is 29.8. The zero-order valence-electron chi connectivity index (χ0n) is 22.1. The van der Waals surface area contributed by atoms with E-state index < -0.39 is 79.7 Å². The van der Waals surface area contributed by atoms with Gasteiger partial charge in [0, 0.05) is 25.2 Å². The number of rotatable bonds is 10. The standard InChI is InChI=1S/C26H28F7N7O2/c27-24(28)40-18(23(34)42)10-16(38-40)21(13-3-6-25(29,30)7-4-13)17-12-39-19(36-17)9-15(11-35-39)22(14-1-2-14)37-20(41)5-8-26(31,32)33/h9-14,21-22,24H,1-8H2,(H2,34,42)(H,37,41)/t21-,22-/m1/s1. The molecule has 2 saturated carbocycles. The Labute approximate surface area is 234 Å². The number of amides is 2. The number of nitrogens with one attached hydrogen (secondary N) is 1. The van der Waals surface area contributed by atoms with E-state index in [-0.39, 0.29) is 34.8 Å². The van der Waals surface area contributed by atoms with Crippen molar-refractivity contribution < 1.29 is 40.3 Å². The minimum atomic E-state index is -4.47. The second-order valence-corrected chi connectivity index (χ2v) is 11.0. The molecule has 2 aliphatic rings. The minimum Gasteiger partial charge on any atom is -0.364 e. The second kappa shape index (κ2) is 11.2. The molecule has 0 bridgehead atoms. The molecular formula is C26H28F7N7O2. The van der Waals surface area contributed by atoms with Crippen LogP contribution in [0, 0.1) is 11.8 Å². The molecule has 0 saturated heterocycles. The predicted octanol–water partition coefficient (Wildman–Crippen LogP) is 5.29. The maximum Gasteiger partial charge on any atom is 0.389 e. The number of carbonyl (C=O) groups is 2. The van der Waals surface area contributed by atoms with Crippen LogP contribution in [0.4, 0.5) is 30.7 Å². The normalized spacial score (nSPS) is 19.2. The zero-order valence-corrected chi connectivity index (χ0v) is 22.1. The highest BCUT2D eigenvalue weighted by Gasteiger charge is 2.41. The molecule has 0 aliphatic heterocycles. The molecule has 3 aromatic rings. The molecule has 2 atom stereocenters. The molecule has 0 radical (unpaired) electrons. The average Bonchev–Trinajstić information content (AvgIpc) is 3.50. The number of imidazole rings is 1. The quantitative estimate of drug-likeness (QED) is 0.306. The first-order valence-corrected chi connectivity index (χ1v) is 13.5. The smallest absolute Gasteiger partial charge is 0.364 e. The van der Waals surface area contributed by atoms with E-state index in [1.165, 1.54) is 16.9 Å². The van der Waals surface area contributed by atoms with Crippen LogP contribution in [0.15, 0.2) is 24.5 Å². The number of aromatic nitrogens is 5. The van der Waals surface area contributed by atoms with Crippen LogP contribution >= 0.6 is 0 Å². The molecule has 3 aromatic heterocycles. The fraction of sp³-hybridized carbons (Fsp3) is 0.577. The Morgan fingerprint density at radius 3 is 2.33 bits per heavy atom. The summed E-state index contributed by atoms with van der Waals surface area (Å²) in [4.78, 5) is 28.7. The Morgan fingerprint density at radius 2 is 1.76 bits per heavy atom. The highest BCUT2D eigenvalue weighted by molar-refractivity contribution is 5.91. The summed E-state index contributed by atoms with van der Waals surface area (Å²) >= 11 is 0. The van der Waals surface area contributed by atoms with Crippen molar-refractivity contribution in [3.63, 3.8) is 0 Å². The Kier molecular flexibility index (Phi) is 7.91. The van der Waals surface area contributed by atoms with E-state index in [9.17, 15) is 40.3 Å². The van der Waals surface area contributed by atoms with Gasteiger partial charge in [-0.15, -0.1) is 0 Å². The van der Waals surface area contributed by atoms with Crippen molar-refractivity contribution in [1.29, 1.82) is 0 Å². The van der Waals surface area contributed by atoms with Gasteiger partial charge in [-0.3, -0.25) is 9.59 Å². The number of hydrogen-bond donors (Lipinski definition) is 2. The number of carbonyl (C=O) groups excluding carboxylic acids is 2. The summed E-state index contributed by atoms with van der Waals surface area (Å²) in [5, 5.41) is 10.9. The van der Waals surface area contributed by atoms with E-state index in [0.717, 1.165) is 18.9 Å². The summed E-state index contributed by atoms with van der Waals surface area (Å²) in [6.07, 6.45) is -2.67. The lowest BCUT2D eigenvalue weighted by molar-refractivity contribution is -0.144. The molecule has 3 N–H and O–H groups in total. The Hall–Kier alpha value is -3.72. The van der Waals surface area contributed by atoms with Gasteiger partial charge in [-0.1, -0.05) is 0 Å². The number of fused-ring (bicyclic) bond motifs is 1. The van der Waals surface area contributed by atoms with Crippen molar-refractivity contribution in [3.05, 3.63) is 47.2 Å². The van der Waals surface area contributed by atoms with Gasteiger partial charge in [-0.25, -0.2) is 18.3 Å². The molecule has 16 heteroatoms. The molecular weight excluding hydrogens is 575 g/mol. The monoisotopic (exact) mass is 603 g/mol. The van der Waals surface area contributed by atoms with Crippen LogP contribution in [-0.2, 0) is 4.79 Å². The number of primary amides is 1. The molecule has 228 valence electrons. The largest absolute Gasteiger partial charge is 0.389 e. The maximum atomic E-state index is 14.0. The Bertz CT molecular complexity index is 1450. The van der Waals surface area contributed by atoms with Crippen LogP contribution in [0.3, 0.4) is 0 Å². The molecule has 3 heterocycles. The van der Waals surface area contributed by atoms with Gasteiger partial charge in [0.15, 0.2) is 5.65 Å². The van der Waals surface area contributed by atoms with Crippen molar-refractivity contribution >= 4 is 17.5 Å². The summed E-state index contributed by atoms with van der Waals surface area (Å²) in [6.45, 7) is -3.17. The van der Waals surface area contributed by atoms with Crippen LogP contribution in [-0.4, -0.2) is 48.3 Å². The number of hydrogen-bond acceptors (Lipinski definition) is 5. The summed E-state index contributed by atoms with van der Waals surface area (Å²) in [7, 11) is 0.